The third-order valence-corrected chi connectivity index (χ3v) is 7.64. The van der Waals surface area contributed by atoms with Crippen LogP contribution in [-0.4, -0.2) is 84.9 Å². The third kappa shape index (κ3) is 7.40. The number of hydrogen-bond donors (Lipinski definition) is 4. The molecular formula is C8H12Na2O5P2S2. The van der Waals surface area contributed by atoms with Crippen molar-refractivity contribution in [3.8, 4) is 0 Å². The van der Waals surface area contributed by atoms with Gasteiger partial charge in [-0.3, -0.25) is 4.57 Å². The molecule has 1 unspecified atom stereocenters. The van der Waals surface area contributed by atoms with E-state index in [4.69, 9.17) is 9.79 Å². The Labute approximate surface area is 165 Å². The summed E-state index contributed by atoms with van der Waals surface area (Å²) in [4.78, 5) is 37.9. The van der Waals surface area contributed by atoms with Crippen molar-refractivity contribution >= 4 is 96.8 Å². The molecule has 0 bridgehead atoms. The van der Waals surface area contributed by atoms with E-state index in [-0.39, 0.29) is 64.7 Å². The molecule has 0 aromatic heterocycles. The Balaban J connectivity index is 0. The molecule has 0 aliphatic rings. The molecule has 1 rings (SSSR count). The van der Waals surface area contributed by atoms with Gasteiger partial charge in [0.2, 0.25) is 6.49 Å². The Morgan fingerprint density at radius 3 is 1.79 bits per heavy atom. The van der Waals surface area contributed by atoms with E-state index in [1.165, 1.54) is 23.9 Å². The second kappa shape index (κ2) is 9.43. The molecule has 0 saturated carbocycles. The number of thioether (sulfide) groups is 1. The monoisotopic (exact) mass is 360 g/mol. The average Bonchev–Trinajstić information content (AvgIpc) is 2.14. The fourth-order valence-corrected chi connectivity index (χ4v) is 5.93. The minimum Gasteiger partial charge on any atom is -0.344 e. The molecule has 1 atom stereocenters. The van der Waals surface area contributed by atoms with Gasteiger partial charge in [0.1, 0.15) is 0 Å². The van der Waals surface area contributed by atoms with Crippen LogP contribution in [0.5, 0.6) is 0 Å². The summed E-state index contributed by atoms with van der Waals surface area (Å²) in [7, 11) is -4.70. The van der Waals surface area contributed by atoms with Gasteiger partial charge in [0.15, 0.2) is 5.40 Å². The molecule has 0 amide bonds. The molecule has 0 saturated heterocycles. The Kier molecular flexibility index (Phi) is 11.7. The van der Waals surface area contributed by atoms with E-state index < -0.39 is 19.5 Å². The average molecular weight is 360 g/mol. The Bertz CT molecular complexity index is 464. The van der Waals surface area contributed by atoms with Crippen molar-refractivity contribution < 1.29 is 24.1 Å². The zero-order chi connectivity index (χ0) is 13.3. The van der Waals surface area contributed by atoms with Crippen molar-refractivity contribution in [2.75, 3.05) is 6.26 Å². The van der Waals surface area contributed by atoms with Crippen molar-refractivity contribution in [2.45, 2.75) is 10.3 Å². The van der Waals surface area contributed by atoms with Gasteiger partial charge in [-0.15, -0.1) is 11.8 Å². The van der Waals surface area contributed by atoms with Gasteiger partial charge in [-0.25, -0.2) is 0 Å². The summed E-state index contributed by atoms with van der Waals surface area (Å²) in [6, 6.07) is 6.19. The van der Waals surface area contributed by atoms with Gasteiger partial charge in [0, 0.05) is 64.0 Å². The summed E-state index contributed by atoms with van der Waals surface area (Å²) < 4.78 is 11.3. The zero-order valence-electron chi connectivity index (χ0n) is 10.8. The first-order valence-electron chi connectivity index (χ1n) is 4.40. The van der Waals surface area contributed by atoms with E-state index in [2.05, 4.69) is 11.8 Å². The van der Waals surface area contributed by atoms with E-state index in [1.54, 1.807) is 12.1 Å². The van der Waals surface area contributed by atoms with Crippen LogP contribution in [0.25, 0.3) is 0 Å². The van der Waals surface area contributed by atoms with Crippen LogP contribution in [0.2, 0.25) is 0 Å². The second-order valence-electron chi connectivity index (χ2n) is 3.33. The molecular weight excluding hydrogens is 348 g/mol. The Morgan fingerprint density at radius 2 is 1.53 bits per heavy atom. The van der Waals surface area contributed by atoms with Gasteiger partial charge in [0.25, 0.3) is 0 Å². The van der Waals surface area contributed by atoms with Gasteiger partial charge in [-0.1, -0.05) is 12.1 Å². The summed E-state index contributed by atoms with van der Waals surface area (Å²) in [5, 5.41) is -1.72. The van der Waals surface area contributed by atoms with E-state index in [9.17, 15) is 14.4 Å². The fourth-order valence-electron chi connectivity index (χ4n) is 1.36. The SMILES string of the molecule is CSc1ccc(C(P(=O)(O)O)P(O)(O)=S)cc1.[Na].[Na]. The molecule has 0 heterocycles. The van der Waals surface area contributed by atoms with Crippen LogP contribution in [0, 0.1) is 0 Å². The first-order chi connectivity index (χ1) is 7.66. The maximum atomic E-state index is 11.3. The van der Waals surface area contributed by atoms with Crippen molar-refractivity contribution in [2.24, 2.45) is 0 Å². The van der Waals surface area contributed by atoms with Crippen LogP contribution < -0.4 is 0 Å². The summed E-state index contributed by atoms with van der Waals surface area (Å²) in [5.74, 6) is 0. The summed E-state index contributed by atoms with van der Waals surface area (Å²) in [5.41, 5.74) is 0.143. The molecule has 4 N–H and O–H groups in total. The minimum atomic E-state index is -4.70. The quantitative estimate of drug-likeness (QED) is 0.363. The number of benzene rings is 1. The van der Waals surface area contributed by atoms with Gasteiger partial charge >= 0.3 is 7.60 Å². The normalized spacial score (nSPS) is 13.1. The van der Waals surface area contributed by atoms with Crippen LogP contribution in [0.3, 0.4) is 0 Å². The van der Waals surface area contributed by atoms with Crippen molar-refractivity contribution in [3.05, 3.63) is 29.8 Å². The number of rotatable bonds is 4. The zero-order valence-corrected chi connectivity index (χ0v) is 18.2. The summed E-state index contributed by atoms with van der Waals surface area (Å²) in [6.45, 7) is -4.08. The standard InChI is InChI=1S/C8H12O5P2S2.2Na/c1-17-7-4-2-6(3-5-7)8(14(9,10)11)15(12,13)16;;/h2-5,8H,1H3,(H2,9,10,11)(H2,12,13,16);;. The van der Waals surface area contributed by atoms with Gasteiger partial charge in [0.05, 0.1) is 0 Å². The molecule has 19 heavy (non-hydrogen) atoms. The molecule has 2 radical (unpaired) electrons. The smallest absolute Gasteiger partial charge is 0.342 e. The second-order valence-corrected chi connectivity index (χ2v) is 9.61. The maximum Gasteiger partial charge on any atom is 0.342 e. The molecule has 98 valence electrons. The molecule has 0 aliphatic heterocycles. The first-order valence-corrected chi connectivity index (χ1v) is 10.1. The molecule has 1 aromatic rings. The largest absolute Gasteiger partial charge is 0.344 e. The van der Waals surface area contributed by atoms with E-state index >= 15 is 0 Å². The molecule has 1 aromatic carbocycles. The molecule has 0 aliphatic carbocycles. The predicted octanol–water partition coefficient (Wildman–Crippen LogP) is 1.12. The topological polar surface area (TPSA) is 98.0 Å². The summed E-state index contributed by atoms with van der Waals surface area (Å²) in [6.07, 6.45) is 1.86. The van der Waals surface area contributed by atoms with Crippen LogP contribution in [-0.2, 0) is 16.4 Å². The van der Waals surface area contributed by atoms with Crippen LogP contribution in [0.4, 0.5) is 0 Å². The Morgan fingerprint density at radius 1 is 1.11 bits per heavy atom. The Hall–Kier alpha value is 2.29. The minimum absolute atomic E-state index is 0. The van der Waals surface area contributed by atoms with E-state index in [1.807, 2.05) is 6.26 Å². The molecule has 11 heteroatoms. The molecule has 5 nitrogen and oxygen atoms in total. The van der Waals surface area contributed by atoms with Crippen LogP contribution in [0.1, 0.15) is 11.0 Å². The molecule has 0 fully saturated rings. The number of hydrogen-bond acceptors (Lipinski definition) is 3. The fraction of sp³-hybridized carbons (Fsp3) is 0.250. The van der Waals surface area contributed by atoms with Crippen LogP contribution >= 0.6 is 25.8 Å². The summed E-state index contributed by atoms with van der Waals surface area (Å²) >= 11 is 5.89. The predicted molar refractivity (Wildman–Crippen MR) is 83.2 cm³/mol. The van der Waals surface area contributed by atoms with Gasteiger partial charge in [-0.2, -0.15) is 0 Å². The maximum absolute atomic E-state index is 11.3. The van der Waals surface area contributed by atoms with Crippen molar-refractivity contribution in [1.82, 2.24) is 0 Å². The first kappa shape index (κ1) is 23.6. The molecule has 0 spiro atoms. The van der Waals surface area contributed by atoms with E-state index in [0.29, 0.717) is 0 Å². The van der Waals surface area contributed by atoms with Crippen LogP contribution in [0.15, 0.2) is 29.2 Å². The van der Waals surface area contributed by atoms with E-state index in [0.717, 1.165) is 4.90 Å². The van der Waals surface area contributed by atoms with Gasteiger partial charge < -0.3 is 19.6 Å². The third-order valence-electron chi connectivity index (χ3n) is 2.05. The van der Waals surface area contributed by atoms with Crippen molar-refractivity contribution in [3.63, 3.8) is 0 Å². The van der Waals surface area contributed by atoms with Gasteiger partial charge in [-0.05, 0) is 35.8 Å². The van der Waals surface area contributed by atoms with Crippen molar-refractivity contribution in [1.29, 1.82) is 0 Å².